The second-order valence-corrected chi connectivity index (χ2v) is 7.26. The maximum atomic E-state index is 12.8. The largest absolute Gasteiger partial charge is 0.368 e. The molecular weight excluding hydrogens is 308 g/mol. The van der Waals surface area contributed by atoms with Crippen molar-refractivity contribution in [3.05, 3.63) is 65.7 Å². The molecule has 1 atom stereocenters. The summed E-state index contributed by atoms with van der Waals surface area (Å²) < 4.78 is 0. The summed E-state index contributed by atoms with van der Waals surface area (Å²) in [7, 11) is 0. The van der Waals surface area contributed by atoms with Crippen molar-refractivity contribution in [1.29, 1.82) is 0 Å². The Bertz CT molecular complexity index is 735. The molecule has 3 nitrogen and oxygen atoms in total. The van der Waals surface area contributed by atoms with Crippen LogP contribution in [0.2, 0.25) is 0 Å². The molecule has 1 amide bonds. The van der Waals surface area contributed by atoms with E-state index < -0.39 is 0 Å². The Balaban J connectivity index is 1.38. The monoisotopic (exact) mass is 334 g/mol. The Morgan fingerprint density at radius 1 is 0.960 bits per heavy atom. The second-order valence-electron chi connectivity index (χ2n) is 7.26. The van der Waals surface area contributed by atoms with Crippen LogP contribution < -0.4 is 4.90 Å². The van der Waals surface area contributed by atoms with Gasteiger partial charge in [0.2, 0.25) is 5.91 Å². The van der Waals surface area contributed by atoms with Gasteiger partial charge >= 0.3 is 0 Å². The average Bonchev–Trinajstić information content (AvgIpc) is 3.12. The van der Waals surface area contributed by atoms with E-state index in [1.807, 2.05) is 25.1 Å². The number of hydrogen-bond acceptors (Lipinski definition) is 2. The van der Waals surface area contributed by atoms with Crippen LogP contribution in [0.25, 0.3) is 0 Å². The number of rotatable bonds is 3. The number of para-hydroxylation sites is 1. The Labute approximate surface area is 150 Å². The zero-order valence-electron chi connectivity index (χ0n) is 14.9. The lowest BCUT2D eigenvalue weighted by Gasteiger charge is -2.39. The Hall–Kier alpha value is -2.29. The summed E-state index contributed by atoms with van der Waals surface area (Å²) in [6.45, 7) is 4.90. The molecule has 0 bridgehead atoms. The molecule has 0 N–H and O–H groups in total. The number of piperidine rings is 1. The van der Waals surface area contributed by atoms with Crippen LogP contribution in [-0.2, 0) is 11.2 Å². The number of carbonyl (C=O) groups excluding carboxylic acids is 1. The smallest absolute Gasteiger partial charge is 0.229 e. The molecule has 1 fully saturated rings. The first-order valence-electron chi connectivity index (χ1n) is 9.42. The molecule has 25 heavy (non-hydrogen) atoms. The van der Waals surface area contributed by atoms with Crippen molar-refractivity contribution in [2.75, 3.05) is 24.5 Å². The number of amides is 1. The number of hydrogen-bond donors (Lipinski definition) is 0. The molecule has 2 aromatic rings. The lowest BCUT2D eigenvalue weighted by molar-refractivity contribution is -0.133. The molecule has 0 unspecified atom stereocenters. The highest BCUT2D eigenvalue weighted by atomic mass is 16.2. The highest BCUT2D eigenvalue weighted by Crippen LogP contribution is 2.32. The second kappa shape index (κ2) is 6.91. The molecule has 0 spiro atoms. The maximum absolute atomic E-state index is 12.8. The van der Waals surface area contributed by atoms with Crippen molar-refractivity contribution in [2.45, 2.75) is 38.1 Å². The Kier molecular flexibility index (Phi) is 4.48. The fourth-order valence-corrected chi connectivity index (χ4v) is 4.30. The van der Waals surface area contributed by atoms with E-state index in [0.717, 1.165) is 44.5 Å². The maximum Gasteiger partial charge on any atom is 0.229 e. The van der Waals surface area contributed by atoms with E-state index in [1.54, 1.807) is 0 Å². The van der Waals surface area contributed by atoms with Crippen molar-refractivity contribution in [1.82, 2.24) is 4.90 Å². The minimum atomic E-state index is -0.0507. The van der Waals surface area contributed by atoms with Crippen LogP contribution in [-0.4, -0.2) is 36.5 Å². The number of benzene rings is 2. The van der Waals surface area contributed by atoms with Gasteiger partial charge in [0, 0.05) is 31.4 Å². The first kappa shape index (κ1) is 16.2. The van der Waals surface area contributed by atoms with E-state index in [9.17, 15) is 4.79 Å². The lowest BCUT2D eigenvalue weighted by Crippen LogP contribution is -2.47. The average molecular weight is 334 g/mol. The van der Waals surface area contributed by atoms with Crippen molar-refractivity contribution in [2.24, 2.45) is 0 Å². The summed E-state index contributed by atoms with van der Waals surface area (Å²) in [5.41, 5.74) is 3.99. The predicted octanol–water partition coefficient (Wildman–Crippen LogP) is 3.84. The van der Waals surface area contributed by atoms with Crippen molar-refractivity contribution >= 4 is 11.6 Å². The molecule has 0 radical (unpaired) electrons. The van der Waals surface area contributed by atoms with Crippen molar-refractivity contribution < 1.29 is 4.79 Å². The Morgan fingerprint density at radius 2 is 1.64 bits per heavy atom. The Morgan fingerprint density at radius 3 is 2.40 bits per heavy atom. The van der Waals surface area contributed by atoms with Gasteiger partial charge in [-0.2, -0.15) is 0 Å². The van der Waals surface area contributed by atoms with Gasteiger partial charge in [-0.1, -0.05) is 48.5 Å². The summed E-state index contributed by atoms with van der Waals surface area (Å²) in [5, 5.41) is 0. The number of nitrogens with zero attached hydrogens (tertiary/aromatic N) is 2. The first-order chi connectivity index (χ1) is 12.2. The zero-order chi connectivity index (χ0) is 17.2. The number of fused-ring (bicyclic) bond motifs is 1. The van der Waals surface area contributed by atoms with Crippen LogP contribution in [0.5, 0.6) is 0 Å². The topological polar surface area (TPSA) is 23.6 Å². The third kappa shape index (κ3) is 3.15. The van der Waals surface area contributed by atoms with Gasteiger partial charge in [-0.15, -0.1) is 0 Å². The van der Waals surface area contributed by atoms with Crippen molar-refractivity contribution in [3.63, 3.8) is 0 Å². The van der Waals surface area contributed by atoms with Gasteiger partial charge in [-0.05, 0) is 43.4 Å². The summed E-state index contributed by atoms with van der Waals surface area (Å²) in [6.07, 6.45) is 3.30. The molecule has 2 heterocycles. The van der Waals surface area contributed by atoms with E-state index in [4.69, 9.17) is 0 Å². The molecule has 0 aliphatic carbocycles. The molecule has 4 rings (SSSR count). The highest BCUT2D eigenvalue weighted by molar-refractivity contribution is 5.83. The number of carbonyl (C=O) groups is 1. The van der Waals surface area contributed by atoms with E-state index >= 15 is 0 Å². The third-order valence-electron chi connectivity index (χ3n) is 5.81. The lowest BCUT2D eigenvalue weighted by atomic mass is 9.97. The van der Waals surface area contributed by atoms with Gasteiger partial charge in [0.05, 0.1) is 5.92 Å². The minimum Gasteiger partial charge on any atom is -0.368 e. The SMILES string of the molecule is C[C@H](C(=O)N1CCC(N2CCc3ccccc32)CC1)c1ccccc1. The van der Waals surface area contributed by atoms with E-state index in [1.165, 1.54) is 11.3 Å². The molecular formula is C22H26N2O. The molecule has 2 aliphatic heterocycles. The van der Waals surface area contributed by atoms with Crippen LogP contribution in [0.4, 0.5) is 5.69 Å². The summed E-state index contributed by atoms with van der Waals surface area (Å²) in [5.74, 6) is 0.219. The quantitative estimate of drug-likeness (QED) is 0.851. The van der Waals surface area contributed by atoms with Gasteiger partial charge < -0.3 is 9.80 Å². The molecule has 0 aromatic heterocycles. The van der Waals surface area contributed by atoms with E-state index in [0.29, 0.717) is 6.04 Å². The highest BCUT2D eigenvalue weighted by Gasteiger charge is 2.31. The number of anilines is 1. The zero-order valence-corrected chi connectivity index (χ0v) is 14.9. The summed E-state index contributed by atoms with van der Waals surface area (Å²) in [6, 6.07) is 19.5. The van der Waals surface area contributed by atoms with Gasteiger partial charge in [0.1, 0.15) is 0 Å². The van der Waals surface area contributed by atoms with Gasteiger partial charge in [0.15, 0.2) is 0 Å². The third-order valence-corrected chi connectivity index (χ3v) is 5.81. The van der Waals surface area contributed by atoms with Crippen molar-refractivity contribution in [3.8, 4) is 0 Å². The minimum absolute atomic E-state index is 0.0507. The molecule has 2 aliphatic rings. The summed E-state index contributed by atoms with van der Waals surface area (Å²) in [4.78, 5) is 17.5. The number of likely N-dealkylation sites (tertiary alicyclic amines) is 1. The first-order valence-corrected chi connectivity index (χ1v) is 9.42. The predicted molar refractivity (Wildman–Crippen MR) is 102 cm³/mol. The normalized spacial score (nSPS) is 18.9. The molecule has 130 valence electrons. The molecule has 1 saturated heterocycles. The van der Waals surface area contributed by atoms with Crippen LogP contribution in [0, 0.1) is 0 Å². The molecule has 2 aromatic carbocycles. The molecule has 0 saturated carbocycles. The van der Waals surface area contributed by atoms with E-state index in [2.05, 4.69) is 46.2 Å². The van der Waals surface area contributed by atoms with Crippen LogP contribution in [0.15, 0.2) is 54.6 Å². The standard InChI is InChI=1S/C22H26N2O/c1-17(18-7-3-2-4-8-18)22(25)23-14-12-20(13-15-23)24-16-11-19-9-5-6-10-21(19)24/h2-10,17,20H,11-16H2,1H3/t17-/m0/s1. The van der Waals surface area contributed by atoms with Gasteiger partial charge in [0.25, 0.3) is 0 Å². The fourth-order valence-electron chi connectivity index (χ4n) is 4.30. The molecule has 3 heteroatoms. The van der Waals surface area contributed by atoms with Crippen LogP contribution >= 0.6 is 0 Å². The fraction of sp³-hybridized carbons (Fsp3) is 0.409. The van der Waals surface area contributed by atoms with Gasteiger partial charge in [-0.25, -0.2) is 0 Å². The van der Waals surface area contributed by atoms with Crippen LogP contribution in [0.3, 0.4) is 0 Å². The van der Waals surface area contributed by atoms with E-state index in [-0.39, 0.29) is 11.8 Å². The summed E-state index contributed by atoms with van der Waals surface area (Å²) >= 11 is 0. The van der Waals surface area contributed by atoms with Crippen LogP contribution in [0.1, 0.15) is 36.8 Å². The van der Waals surface area contributed by atoms with Gasteiger partial charge in [-0.3, -0.25) is 4.79 Å².